The van der Waals surface area contributed by atoms with Crippen molar-refractivity contribution in [3.05, 3.63) is 96.2 Å². The lowest BCUT2D eigenvalue weighted by Gasteiger charge is -2.29. The number of aromatic nitrogens is 1. The van der Waals surface area contributed by atoms with Gasteiger partial charge in [0.15, 0.2) is 5.78 Å². The van der Waals surface area contributed by atoms with E-state index >= 15 is 0 Å². The first-order valence-corrected chi connectivity index (χ1v) is 24.9. The van der Waals surface area contributed by atoms with E-state index in [4.69, 9.17) is 11.5 Å². The Morgan fingerprint density at radius 1 is 0.556 bits per heavy atom. The molecule has 0 spiro atoms. The van der Waals surface area contributed by atoms with Crippen molar-refractivity contribution in [3.8, 4) is 11.1 Å². The monoisotopic (exact) mass is 993 g/mol. The zero-order chi connectivity index (χ0) is 53.1. The van der Waals surface area contributed by atoms with Crippen LogP contribution in [0.5, 0.6) is 0 Å². The molecular formula is C54H76N10O8. The maximum absolute atomic E-state index is 14.6. The number of fused-ring (bicyclic) bond motifs is 1. The third-order valence-electron chi connectivity index (χ3n) is 12.4. The number of H-pyrrole nitrogens is 1. The van der Waals surface area contributed by atoms with Crippen LogP contribution in [0.2, 0.25) is 0 Å². The van der Waals surface area contributed by atoms with E-state index in [1.807, 2.05) is 113 Å². The molecule has 7 amide bonds. The first-order valence-electron chi connectivity index (χ1n) is 24.9. The highest BCUT2D eigenvalue weighted by atomic mass is 16.2. The Kier molecular flexibility index (Phi) is 22.6. The van der Waals surface area contributed by atoms with Crippen molar-refractivity contribution in [2.24, 2.45) is 29.2 Å². The summed E-state index contributed by atoms with van der Waals surface area (Å²) in [6, 6.07) is 17.4. The van der Waals surface area contributed by atoms with E-state index in [0.717, 1.165) is 27.6 Å². The van der Waals surface area contributed by atoms with Crippen molar-refractivity contribution in [1.29, 1.82) is 0 Å². The number of carbonyl (C=O) groups is 8. The average Bonchev–Trinajstić information content (AvgIpc) is 3.74. The molecule has 0 radical (unpaired) electrons. The number of carbonyl (C=O) groups excluding carboxylic acids is 8. The molecule has 1 aromatic heterocycles. The molecule has 7 atom stereocenters. The Balaban J connectivity index is 1.59. The number of para-hydroxylation sites is 1. The predicted octanol–water partition coefficient (Wildman–Crippen LogP) is 3.07. The molecule has 1 heterocycles. The zero-order valence-corrected chi connectivity index (χ0v) is 42.9. The molecular weight excluding hydrogens is 917 g/mol. The van der Waals surface area contributed by atoms with Gasteiger partial charge in [-0.2, -0.15) is 0 Å². The quantitative estimate of drug-likeness (QED) is 0.0380. The van der Waals surface area contributed by atoms with Gasteiger partial charge in [-0.25, -0.2) is 0 Å². The molecule has 72 heavy (non-hydrogen) atoms. The SMILES string of the molecule is CN[C@@H](Cc1c[nH]c2ccccc12)C(=O)N[C@@H](CC(C)C)C(=O)N[C@@H](Cc1ccc(-c2ccccc2)cc1)C(=O)N[C@H](C(=O)N[C@@H](CCCN)C(=O)N[C@H](CC(C)C)C(=O)N[C@@H](CC(N)=O)C(C)=O)C(C)C. The molecule has 0 aliphatic heterocycles. The van der Waals surface area contributed by atoms with Crippen molar-refractivity contribution in [2.45, 2.75) is 136 Å². The third-order valence-corrected chi connectivity index (χ3v) is 12.4. The van der Waals surface area contributed by atoms with Crippen LogP contribution in [0.4, 0.5) is 0 Å². The number of ketones is 1. The zero-order valence-electron chi connectivity index (χ0n) is 42.9. The van der Waals surface area contributed by atoms with Crippen molar-refractivity contribution in [3.63, 3.8) is 0 Å². The topological polar surface area (TPSA) is 289 Å². The number of nitrogens with one attached hydrogen (secondary N) is 8. The van der Waals surface area contributed by atoms with Gasteiger partial charge in [-0.05, 0) is 98.7 Å². The summed E-state index contributed by atoms with van der Waals surface area (Å²) in [6.45, 7) is 12.4. The third kappa shape index (κ3) is 17.7. The molecule has 4 aromatic rings. The van der Waals surface area contributed by atoms with Crippen LogP contribution in [0.15, 0.2) is 85.1 Å². The minimum Gasteiger partial charge on any atom is -0.370 e. The molecule has 0 saturated carbocycles. The van der Waals surface area contributed by atoms with Gasteiger partial charge in [0.05, 0.1) is 18.5 Å². The van der Waals surface area contributed by atoms with Gasteiger partial charge in [-0.15, -0.1) is 0 Å². The predicted molar refractivity (Wildman–Crippen MR) is 279 cm³/mol. The summed E-state index contributed by atoms with van der Waals surface area (Å²) >= 11 is 0. The van der Waals surface area contributed by atoms with Crippen LogP contribution >= 0.6 is 0 Å². The highest BCUT2D eigenvalue weighted by Gasteiger charge is 2.35. The lowest BCUT2D eigenvalue weighted by molar-refractivity contribution is -0.136. The number of aromatic amines is 1. The van der Waals surface area contributed by atoms with Gasteiger partial charge in [0, 0.05) is 23.5 Å². The standard InChI is InChI=1S/C54H76N10O8/c1-31(2)25-44(51(69)60-42(34(7)65)29-47(56)66)61-49(67)41(19-14-24-55)59-54(72)48(33(5)6)64-53(71)46(27-35-20-22-37(23-21-35)36-15-10-9-11-16-36)63-52(70)45(26-32(3)4)62-50(68)43(57-8)28-38-30-58-40-18-13-12-17-39(38)40/h9-13,15-18,20-23,30-33,41-46,48,57-58H,14,19,24-29,55H2,1-8H3,(H2,56,66)(H,59,72)(H,60,69)(H,61,67)(H,62,68)(H,63,70)(H,64,71)/t41-,42-,43-,44+,45-,46-,48-/m0/s1. The van der Waals surface area contributed by atoms with E-state index in [2.05, 4.69) is 42.2 Å². The molecule has 0 aliphatic carbocycles. The summed E-state index contributed by atoms with van der Waals surface area (Å²) in [5.74, 6) is -5.72. The molecule has 3 aromatic carbocycles. The normalized spacial score (nSPS) is 14.3. The molecule has 18 heteroatoms. The highest BCUT2D eigenvalue weighted by molar-refractivity contribution is 5.98. The minimum atomic E-state index is -1.23. The van der Waals surface area contributed by atoms with Crippen LogP contribution in [0.1, 0.15) is 91.7 Å². The van der Waals surface area contributed by atoms with E-state index in [-0.39, 0.29) is 44.1 Å². The molecule has 390 valence electrons. The van der Waals surface area contributed by atoms with Gasteiger partial charge in [0.1, 0.15) is 30.2 Å². The lowest BCUT2D eigenvalue weighted by atomic mass is 9.97. The maximum atomic E-state index is 14.6. The molecule has 0 saturated heterocycles. The highest BCUT2D eigenvalue weighted by Crippen LogP contribution is 2.22. The summed E-state index contributed by atoms with van der Waals surface area (Å²) in [7, 11) is 1.68. The second kappa shape index (κ2) is 28.2. The molecule has 0 bridgehead atoms. The van der Waals surface area contributed by atoms with Crippen LogP contribution in [-0.4, -0.2) is 108 Å². The molecule has 12 N–H and O–H groups in total. The van der Waals surface area contributed by atoms with Gasteiger partial charge in [0.2, 0.25) is 41.4 Å². The van der Waals surface area contributed by atoms with Crippen molar-refractivity contribution < 1.29 is 38.4 Å². The Labute approximate surface area is 423 Å². The number of hydrogen-bond acceptors (Lipinski definition) is 10. The molecule has 0 aliphatic rings. The fraction of sp³-hybridized carbons (Fsp3) is 0.481. The molecule has 0 unspecified atom stereocenters. The van der Waals surface area contributed by atoms with Crippen LogP contribution in [-0.2, 0) is 51.2 Å². The number of primary amides is 1. The second-order valence-electron chi connectivity index (χ2n) is 19.7. The number of benzene rings is 3. The summed E-state index contributed by atoms with van der Waals surface area (Å²) < 4.78 is 0. The van der Waals surface area contributed by atoms with E-state index in [9.17, 15) is 38.4 Å². The Hall–Kier alpha value is -6.92. The number of rotatable bonds is 29. The van der Waals surface area contributed by atoms with E-state index in [1.165, 1.54) is 6.92 Å². The van der Waals surface area contributed by atoms with Gasteiger partial charge in [-0.1, -0.05) is 114 Å². The molecule has 4 rings (SSSR count). The number of nitrogens with two attached hydrogens (primary N) is 2. The number of amides is 7. The van der Waals surface area contributed by atoms with Crippen molar-refractivity contribution in [2.75, 3.05) is 13.6 Å². The van der Waals surface area contributed by atoms with Gasteiger partial charge in [0.25, 0.3) is 0 Å². The van der Waals surface area contributed by atoms with Crippen molar-refractivity contribution >= 4 is 58.0 Å². The van der Waals surface area contributed by atoms with Crippen LogP contribution in [0.3, 0.4) is 0 Å². The van der Waals surface area contributed by atoms with Crippen molar-refractivity contribution in [1.82, 2.24) is 42.2 Å². The summed E-state index contributed by atoms with van der Waals surface area (Å²) in [5.41, 5.74) is 15.7. The van der Waals surface area contributed by atoms with Crippen LogP contribution in [0.25, 0.3) is 22.0 Å². The fourth-order valence-electron chi connectivity index (χ4n) is 8.39. The largest absolute Gasteiger partial charge is 0.370 e. The number of Topliss-reactive ketones (excluding diaryl/α,β-unsaturated/α-hetero) is 1. The maximum Gasteiger partial charge on any atom is 0.243 e. The van der Waals surface area contributed by atoms with Gasteiger partial charge >= 0.3 is 0 Å². The average molecular weight is 993 g/mol. The molecule has 0 fully saturated rings. The second-order valence-corrected chi connectivity index (χ2v) is 19.7. The first-order chi connectivity index (χ1) is 34.2. The molecule has 18 nitrogen and oxygen atoms in total. The summed E-state index contributed by atoms with van der Waals surface area (Å²) in [4.78, 5) is 112. The summed E-state index contributed by atoms with van der Waals surface area (Å²) in [6.07, 6.45) is 2.61. The Morgan fingerprint density at radius 2 is 1.06 bits per heavy atom. The smallest absolute Gasteiger partial charge is 0.243 e. The number of likely N-dealkylation sites (N-methyl/N-ethyl adjacent to an activating group) is 1. The summed E-state index contributed by atoms with van der Waals surface area (Å²) in [5, 5.41) is 20.8. The van der Waals surface area contributed by atoms with Gasteiger partial charge in [-0.3, -0.25) is 38.4 Å². The lowest BCUT2D eigenvalue weighted by Crippen LogP contribution is -2.61. The Morgan fingerprint density at radius 3 is 1.60 bits per heavy atom. The van der Waals surface area contributed by atoms with E-state index in [0.29, 0.717) is 18.4 Å². The van der Waals surface area contributed by atoms with E-state index in [1.54, 1.807) is 20.9 Å². The van der Waals surface area contributed by atoms with Crippen LogP contribution < -0.4 is 48.7 Å². The fourth-order valence-corrected chi connectivity index (χ4v) is 8.39. The minimum absolute atomic E-state index is 0.0197. The first kappa shape index (κ1) is 57.7. The van der Waals surface area contributed by atoms with E-state index < -0.39 is 102 Å². The Bertz CT molecular complexity index is 2460. The van der Waals surface area contributed by atoms with Crippen LogP contribution in [0, 0.1) is 17.8 Å². The number of hydrogen-bond donors (Lipinski definition) is 10. The van der Waals surface area contributed by atoms with Gasteiger partial charge < -0.3 is 53.7 Å².